The van der Waals surface area contributed by atoms with E-state index in [2.05, 4.69) is 19.2 Å². The minimum absolute atomic E-state index is 0.170. The molecule has 0 spiro atoms. The van der Waals surface area contributed by atoms with Crippen LogP contribution in [0.3, 0.4) is 0 Å². The van der Waals surface area contributed by atoms with Crippen LogP contribution in [-0.2, 0) is 9.59 Å². The largest absolute Gasteiger partial charge is 0.481 e. The van der Waals surface area contributed by atoms with Gasteiger partial charge in [0.1, 0.15) is 0 Å². The van der Waals surface area contributed by atoms with Crippen molar-refractivity contribution in [2.75, 3.05) is 13.1 Å². The van der Waals surface area contributed by atoms with E-state index in [0.717, 1.165) is 13.1 Å². The maximum absolute atomic E-state index is 10.9. The SMILES string of the molecule is CC(C)C(C(=O)O)C(C(=O)O)C(C)C.CCNCC. The zero-order chi connectivity index (χ0) is 15.6. The highest BCUT2D eigenvalue weighted by molar-refractivity contribution is 5.80. The zero-order valence-corrected chi connectivity index (χ0v) is 12.9. The summed E-state index contributed by atoms with van der Waals surface area (Å²) in [5.74, 6) is -4.02. The summed E-state index contributed by atoms with van der Waals surface area (Å²) < 4.78 is 0. The minimum atomic E-state index is -1.03. The molecule has 19 heavy (non-hydrogen) atoms. The molecule has 0 saturated heterocycles. The number of nitrogens with one attached hydrogen (secondary N) is 1. The summed E-state index contributed by atoms with van der Waals surface area (Å²) in [5, 5.41) is 21.0. The van der Waals surface area contributed by atoms with Crippen LogP contribution >= 0.6 is 0 Å². The molecule has 2 atom stereocenters. The van der Waals surface area contributed by atoms with Crippen LogP contribution in [0.2, 0.25) is 0 Å². The van der Waals surface area contributed by atoms with Crippen molar-refractivity contribution >= 4 is 11.9 Å². The van der Waals surface area contributed by atoms with Crippen LogP contribution < -0.4 is 5.32 Å². The highest BCUT2D eigenvalue weighted by Crippen LogP contribution is 2.27. The Hall–Kier alpha value is -1.10. The van der Waals surface area contributed by atoms with Gasteiger partial charge in [-0.3, -0.25) is 9.59 Å². The first-order chi connectivity index (χ1) is 8.70. The molecule has 3 N–H and O–H groups in total. The van der Waals surface area contributed by atoms with E-state index in [0.29, 0.717) is 0 Å². The van der Waals surface area contributed by atoms with Gasteiger partial charge in [0, 0.05) is 0 Å². The van der Waals surface area contributed by atoms with E-state index < -0.39 is 23.8 Å². The van der Waals surface area contributed by atoms with Crippen molar-refractivity contribution in [2.24, 2.45) is 23.7 Å². The number of carboxylic acids is 2. The van der Waals surface area contributed by atoms with Crippen molar-refractivity contribution in [1.82, 2.24) is 5.32 Å². The molecule has 0 aliphatic rings. The Balaban J connectivity index is 0. The molecular formula is C14H29NO4. The van der Waals surface area contributed by atoms with Gasteiger partial charge >= 0.3 is 11.9 Å². The minimum Gasteiger partial charge on any atom is -0.481 e. The third kappa shape index (κ3) is 8.59. The molecule has 0 aliphatic carbocycles. The fourth-order valence-corrected chi connectivity index (χ4v) is 1.96. The van der Waals surface area contributed by atoms with Crippen LogP contribution in [-0.4, -0.2) is 35.2 Å². The lowest BCUT2D eigenvalue weighted by Gasteiger charge is -2.26. The van der Waals surface area contributed by atoms with Gasteiger partial charge in [0.15, 0.2) is 0 Å². The van der Waals surface area contributed by atoms with E-state index in [9.17, 15) is 9.59 Å². The predicted octanol–water partition coefficient (Wildman–Crippen LogP) is 2.32. The molecule has 0 aromatic heterocycles. The van der Waals surface area contributed by atoms with Crippen LogP contribution in [0, 0.1) is 23.7 Å². The van der Waals surface area contributed by atoms with Crippen LogP contribution in [0.4, 0.5) is 0 Å². The molecule has 0 aromatic carbocycles. The van der Waals surface area contributed by atoms with E-state index in [-0.39, 0.29) is 11.8 Å². The Morgan fingerprint density at radius 1 is 0.842 bits per heavy atom. The van der Waals surface area contributed by atoms with Gasteiger partial charge in [-0.2, -0.15) is 0 Å². The molecule has 0 aromatic rings. The van der Waals surface area contributed by atoms with Gasteiger partial charge in [-0.25, -0.2) is 0 Å². The molecule has 0 heterocycles. The molecule has 5 nitrogen and oxygen atoms in total. The van der Waals surface area contributed by atoms with E-state index in [1.54, 1.807) is 27.7 Å². The van der Waals surface area contributed by atoms with Crippen molar-refractivity contribution in [3.63, 3.8) is 0 Å². The summed E-state index contributed by atoms with van der Waals surface area (Å²) in [6, 6.07) is 0. The third-order valence-electron chi connectivity index (χ3n) is 2.89. The number of hydrogen-bond acceptors (Lipinski definition) is 3. The monoisotopic (exact) mass is 275 g/mol. The van der Waals surface area contributed by atoms with Gasteiger partial charge in [-0.1, -0.05) is 41.5 Å². The van der Waals surface area contributed by atoms with Crippen molar-refractivity contribution < 1.29 is 19.8 Å². The first-order valence-electron chi connectivity index (χ1n) is 6.86. The van der Waals surface area contributed by atoms with E-state index in [1.165, 1.54) is 0 Å². The summed E-state index contributed by atoms with van der Waals surface area (Å²) in [7, 11) is 0. The topological polar surface area (TPSA) is 86.6 Å². The average Bonchev–Trinajstić information content (AvgIpc) is 2.25. The Morgan fingerprint density at radius 3 is 1.16 bits per heavy atom. The highest BCUT2D eigenvalue weighted by atomic mass is 16.4. The van der Waals surface area contributed by atoms with Crippen molar-refractivity contribution in [3.05, 3.63) is 0 Å². The summed E-state index contributed by atoms with van der Waals surface area (Å²) >= 11 is 0. The molecule has 0 rings (SSSR count). The third-order valence-corrected chi connectivity index (χ3v) is 2.89. The number of rotatable bonds is 7. The van der Waals surface area contributed by atoms with E-state index in [1.807, 2.05) is 0 Å². The zero-order valence-electron chi connectivity index (χ0n) is 12.9. The lowest BCUT2D eigenvalue weighted by atomic mass is 9.77. The summed E-state index contributed by atoms with van der Waals surface area (Å²) in [6.45, 7) is 13.3. The molecule has 0 saturated carbocycles. The fraction of sp³-hybridized carbons (Fsp3) is 0.857. The van der Waals surface area contributed by atoms with Crippen molar-refractivity contribution in [3.8, 4) is 0 Å². The quantitative estimate of drug-likeness (QED) is 0.663. The maximum atomic E-state index is 10.9. The molecule has 0 bridgehead atoms. The standard InChI is InChI=1S/C10H18O4.C4H11N/c1-5(2)7(9(11)12)8(6(3)4)10(13)14;1-3-5-4-2/h5-8H,1-4H3,(H,11,12)(H,13,14);5H,3-4H2,1-2H3. The average molecular weight is 275 g/mol. The van der Waals surface area contributed by atoms with Crippen molar-refractivity contribution in [1.29, 1.82) is 0 Å². The Kier molecular flexibility index (Phi) is 11.5. The first-order valence-corrected chi connectivity index (χ1v) is 6.86. The summed E-state index contributed by atoms with van der Waals surface area (Å²) in [5.41, 5.74) is 0. The second kappa shape index (κ2) is 10.8. The van der Waals surface area contributed by atoms with Crippen LogP contribution in [0.15, 0.2) is 0 Å². The van der Waals surface area contributed by atoms with Crippen LogP contribution in [0.1, 0.15) is 41.5 Å². The summed E-state index contributed by atoms with van der Waals surface area (Å²) in [4.78, 5) is 21.9. The predicted molar refractivity (Wildman–Crippen MR) is 76.1 cm³/mol. The van der Waals surface area contributed by atoms with Crippen LogP contribution in [0.5, 0.6) is 0 Å². The van der Waals surface area contributed by atoms with E-state index in [4.69, 9.17) is 10.2 Å². The second-order valence-electron chi connectivity index (χ2n) is 5.17. The smallest absolute Gasteiger partial charge is 0.307 e. The molecule has 0 amide bonds. The van der Waals surface area contributed by atoms with Gasteiger partial charge in [-0.05, 0) is 24.9 Å². The maximum Gasteiger partial charge on any atom is 0.307 e. The van der Waals surface area contributed by atoms with E-state index >= 15 is 0 Å². The molecule has 0 radical (unpaired) electrons. The lowest BCUT2D eigenvalue weighted by molar-refractivity contribution is -0.157. The number of carbonyl (C=O) groups is 2. The number of hydrogen-bond donors (Lipinski definition) is 3. The molecular weight excluding hydrogens is 246 g/mol. The highest BCUT2D eigenvalue weighted by Gasteiger charge is 2.37. The van der Waals surface area contributed by atoms with Gasteiger partial charge < -0.3 is 15.5 Å². The number of carboxylic acid groups (broad SMARTS) is 2. The van der Waals surface area contributed by atoms with Gasteiger partial charge in [0.25, 0.3) is 0 Å². The molecule has 0 fully saturated rings. The van der Waals surface area contributed by atoms with Crippen molar-refractivity contribution in [2.45, 2.75) is 41.5 Å². The second-order valence-corrected chi connectivity index (χ2v) is 5.17. The summed E-state index contributed by atoms with van der Waals surface area (Å²) in [6.07, 6.45) is 0. The van der Waals surface area contributed by atoms with Crippen LogP contribution in [0.25, 0.3) is 0 Å². The van der Waals surface area contributed by atoms with Gasteiger partial charge in [0.2, 0.25) is 0 Å². The lowest BCUT2D eigenvalue weighted by Crippen LogP contribution is -2.36. The molecule has 5 heteroatoms. The Bertz CT molecular complexity index is 238. The van der Waals surface area contributed by atoms with Gasteiger partial charge in [0.05, 0.1) is 11.8 Å². The first kappa shape index (κ1) is 20.2. The normalized spacial score (nSPS) is 13.7. The number of aliphatic carboxylic acids is 2. The fourth-order valence-electron chi connectivity index (χ4n) is 1.96. The molecule has 114 valence electrons. The molecule has 2 unspecified atom stereocenters. The van der Waals surface area contributed by atoms with Gasteiger partial charge in [-0.15, -0.1) is 0 Å². The Morgan fingerprint density at radius 2 is 1.11 bits per heavy atom. The molecule has 0 aliphatic heterocycles. The Labute approximate surface area is 116 Å².